The predicted octanol–water partition coefficient (Wildman–Crippen LogP) is 2.92. The van der Waals surface area contributed by atoms with E-state index in [1.807, 2.05) is 13.0 Å². The number of nitrogens with one attached hydrogen (secondary N) is 1. The van der Waals surface area contributed by atoms with E-state index in [-0.39, 0.29) is 17.8 Å². The van der Waals surface area contributed by atoms with Crippen molar-refractivity contribution < 1.29 is 9.50 Å². The Bertz CT molecular complexity index is 446. The molecule has 1 aromatic rings. The zero-order valence-corrected chi connectivity index (χ0v) is 13.1. The lowest BCUT2D eigenvalue weighted by molar-refractivity contribution is 0.112. The zero-order chi connectivity index (χ0) is 15.2. The quantitative estimate of drug-likeness (QED) is 0.811. The molecule has 3 nitrogen and oxygen atoms in total. The Balaban J connectivity index is 1.98. The van der Waals surface area contributed by atoms with Crippen molar-refractivity contribution >= 4 is 5.69 Å². The largest absolute Gasteiger partial charge is 0.392 e. The van der Waals surface area contributed by atoms with Crippen LogP contribution in [0.15, 0.2) is 18.2 Å². The second-order valence-corrected chi connectivity index (χ2v) is 6.02. The molecule has 2 atom stereocenters. The van der Waals surface area contributed by atoms with E-state index >= 15 is 0 Å². The minimum Gasteiger partial charge on any atom is -0.392 e. The molecule has 1 aliphatic rings. The summed E-state index contributed by atoms with van der Waals surface area (Å²) in [5.74, 6) is 0.0982. The van der Waals surface area contributed by atoms with Crippen molar-refractivity contribution in [2.45, 2.75) is 45.8 Å². The zero-order valence-electron chi connectivity index (χ0n) is 13.1. The summed E-state index contributed by atoms with van der Waals surface area (Å²) < 4.78 is 14.1. The van der Waals surface area contributed by atoms with Crippen LogP contribution in [-0.2, 0) is 6.54 Å². The molecular weight excluding hydrogens is 267 g/mol. The van der Waals surface area contributed by atoms with Crippen molar-refractivity contribution in [3.63, 3.8) is 0 Å². The normalized spacial score (nSPS) is 18.0. The van der Waals surface area contributed by atoms with Crippen LogP contribution < -0.4 is 10.2 Å². The Morgan fingerprint density at radius 1 is 1.33 bits per heavy atom. The minimum atomic E-state index is -0.378. The van der Waals surface area contributed by atoms with Crippen LogP contribution in [0.4, 0.5) is 10.1 Å². The summed E-state index contributed by atoms with van der Waals surface area (Å²) in [6.07, 6.45) is 2.92. The van der Waals surface area contributed by atoms with E-state index in [9.17, 15) is 9.50 Å². The van der Waals surface area contributed by atoms with Gasteiger partial charge in [0.15, 0.2) is 0 Å². The number of hydrogen-bond acceptors (Lipinski definition) is 3. The molecule has 1 aliphatic heterocycles. The third-order valence-electron chi connectivity index (χ3n) is 4.50. The highest BCUT2D eigenvalue weighted by Gasteiger charge is 2.18. The third-order valence-corrected chi connectivity index (χ3v) is 4.50. The van der Waals surface area contributed by atoms with Crippen molar-refractivity contribution in [1.29, 1.82) is 0 Å². The van der Waals surface area contributed by atoms with E-state index in [0.29, 0.717) is 13.1 Å². The van der Waals surface area contributed by atoms with Gasteiger partial charge in [0.05, 0.1) is 6.10 Å². The maximum Gasteiger partial charge on any atom is 0.129 e. The van der Waals surface area contributed by atoms with Crippen LogP contribution in [0.3, 0.4) is 0 Å². The van der Waals surface area contributed by atoms with Crippen LogP contribution in [0.5, 0.6) is 0 Å². The van der Waals surface area contributed by atoms with Crippen molar-refractivity contribution in [2.24, 2.45) is 5.92 Å². The minimum absolute atomic E-state index is 0.162. The van der Waals surface area contributed by atoms with Crippen molar-refractivity contribution in [1.82, 2.24) is 5.32 Å². The first kappa shape index (κ1) is 16.2. The summed E-state index contributed by atoms with van der Waals surface area (Å²) in [5, 5.41) is 13.2. The Morgan fingerprint density at radius 2 is 2.05 bits per heavy atom. The lowest BCUT2D eigenvalue weighted by atomic mass is 10.0. The highest BCUT2D eigenvalue weighted by molar-refractivity contribution is 5.54. The number of aliphatic hydroxyl groups excluding tert-OH is 1. The van der Waals surface area contributed by atoms with E-state index in [1.54, 1.807) is 6.07 Å². The van der Waals surface area contributed by atoms with Gasteiger partial charge in [-0.3, -0.25) is 0 Å². The summed E-state index contributed by atoms with van der Waals surface area (Å²) in [4.78, 5) is 2.26. The summed E-state index contributed by atoms with van der Waals surface area (Å²) in [6.45, 7) is 7.08. The Kier molecular flexibility index (Phi) is 6.00. The number of halogens is 1. The average molecular weight is 294 g/mol. The molecule has 0 bridgehead atoms. The predicted molar refractivity (Wildman–Crippen MR) is 85.0 cm³/mol. The number of aliphatic hydroxyl groups is 1. The highest BCUT2D eigenvalue weighted by atomic mass is 19.1. The van der Waals surface area contributed by atoms with Crippen LogP contribution >= 0.6 is 0 Å². The van der Waals surface area contributed by atoms with E-state index in [1.165, 1.54) is 18.9 Å². The maximum absolute atomic E-state index is 14.1. The van der Waals surface area contributed by atoms with Crippen molar-refractivity contribution in [3.8, 4) is 0 Å². The molecule has 0 amide bonds. The number of hydrogen-bond donors (Lipinski definition) is 2. The summed E-state index contributed by atoms with van der Waals surface area (Å²) >= 11 is 0. The Morgan fingerprint density at radius 3 is 2.71 bits per heavy atom. The molecule has 2 unspecified atom stereocenters. The van der Waals surface area contributed by atoms with Crippen LogP contribution in [0.1, 0.15) is 38.7 Å². The van der Waals surface area contributed by atoms with E-state index in [2.05, 4.69) is 17.1 Å². The molecule has 0 radical (unpaired) electrons. The molecular formula is C17H27FN2O. The van der Waals surface area contributed by atoms with Gasteiger partial charge in [-0.05, 0) is 30.9 Å². The van der Waals surface area contributed by atoms with Gasteiger partial charge in [-0.1, -0.05) is 26.3 Å². The van der Waals surface area contributed by atoms with Crippen LogP contribution in [0.25, 0.3) is 0 Å². The fraction of sp³-hybridized carbons (Fsp3) is 0.647. The van der Waals surface area contributed by atoms with Gasteiger partial charge < -0.3 is 15.3 Å². The van der Waals surface area contributed by atoms with Gasteiger partial charge in [-0.25, -0.2) is 4.39 Å². The molecule has 2 rings (SSSR count). The van der Waals surface area contributed by atoms with Crippen molar-refractivity contribution in [2.75, 3.05) is 24.5 Å². The van der Waals surface area contributed by atoms with Crippen LogP contribution in [0, 0.1) is 11.7 Å². The molecule has 0 aliphatic carbocycles. The maximum atomic E-state index is 14.1. The molecule has 4 heteroatoms. The number of benzene rings is 1. The number of anilines is 1. The molecule has 0 spiro atoms. The molecule has 118 valence electrons. The third kappa shape index (κ3) is 4.17. The monoisotopic (exact) mass is 294 g/mol. The average Bonchev–Trinajstić information content (AvgIpc) is 3.01. The first-order valence-corrected chi connectivity index (χ1v) is 8.04. The van der Waals surface area contributed by atoms with Gasteiger partial charge in [0.25, 0.3) is 0 Å². The molecule has 1 aromatic carbocycles. The number of nitrogens with zero attached hydrogens (tertiary/aromatic N) is 1. The first-order chi connectivity index (χ1) is 10.1. The molecule has 1 fully saturated rings. The van der Waals surface area contributed by atoms with Crippen LogP contribution in [0.2, 0.25) is 0 Å². The fourth-order valence-electron chi connectivity index (χ4n) is 2.79. The lowest BCUT2D eigenvalue weighted by Crippen LogP contribution is -2.32. The molecule has 0 aromatic heterocycles. The molecule has 0 saturated carbocycles. The first-order valence-electron chi connectivity index (χ1n) is 8.04. The Hall–Kier alpha value is -1.13. The second kappa shape index (κ2) is 7.76. The van der Waals surface area contributed by atoms with Gasteiger partial charge >= 0.3 is 0 Å². The highest BCUT2D eigenvalue weighted by Crippen LogP contribution is 2.26. The van der Waals surface area contributed by atoms with Gasteiger partial charge in [-0.2, -0.15) is 0 Å². The summed E-state index contributed by atoms with van der Waals surface area (Å²) in [7, 11) is 0. The topological polar surface area (TPSA) is 35.5 Å². The van der Waals surface area contributed by atoms with E-state index in [0.717, 1.165) is 30.8 Å². The smallest absolute Gasteiger partial charge is 0.129 e. The molecule has 1 heterocycles. The second-order valence-electron chi connectivity index (χ2n) is 6.02. The van der Waals surface area contributed by atoms with Gasteiger partial charge in [0, 0.05) is 37.4 Å². The van der Waals surface area contributed by atoms with Gasteiger partial charge in [0.1, 0.15) is 5.82 Å². The lowest BCUT2D eigenvalue weighted by Gasteiger charge is -2.23. The molecule has 21 heavy (non-hydrogen) atoms. The fourth-order valence-corrected chi connectivity index (χ4v) is 2.79. The van der Waals surface area contributed by atoms with Gasteiger partial charge in [0.2, 0.25) is 0 Å². The van der Waals surface area contributed by atoms with E-state index in [4.69, 9.17) is 0 Å². The number of rotatable bonds is 7. The Labute approximate surface area is 127 Å². The molecule has 1 saturated heterocycles. The van der Waals surface area contributed by atoms with Crippen LogP contribution in [-0.4, -0.2) is 30.8 Å². The van der Waals surface area contributed by atoms with E-state index < -0.39 is 0 Å². The summed E-state index contributed by atoms with van der Waals surface area (Å²) in [5.41, 5.74) is 1.72. The summed E-state index contributed by atoms with van der Waals surface area (Å²) in [6, 6.07) is 5.29. The van der Waals surface area contributed by atoms with Crippen molar-refractivity contribution in [3.05, 3.63) is 29.6 Å². The molecule has 2 N–H and O–H groups in total. The SMILES string of the molecule is CCC(C)C(O)CNCc1c(F)cccc1N1CCCC1. The van der Waals surface area contributed by atoms with Gasteiger partial charge in [-0.15, -0.1) is 0 Å². The standard InChI is InChI=1S/C17H27FN2O/c1-3-13(2)17(21)12-19-11-14-15(18)7-6-8-16(14)20-9-4-5-10-20/h6-8,13,17,19,21H,3-5,9-12H2,1-2H3.